The van der Waals surface area contributed by atoms with Gasteiger partial charge in [-0.05, 0) is 36.5 Å². The highest BCUT2D eigenvalue weighted by molar-refractivity contribution is 9.10. The van der Waals surface area contributed by atoms with Crippen molar-refractivity contribution in [1.29, 1.82) is 0 Å². The third kappa shape index (κ3) is 2.32. The number of alkyl halides is 1. The number of hydrogen-bond acceptors (Lipinski definition) is 0. The molecule has 1 aliphatic rings. The van der Waals surface area contributed by atoms with Crippen LogP contribution in [0.3, 0.4) is 0 Å². The molecule has 0 nitrogen and oxygen atoms in total. The first-order chi connectivity index (χ1) is 6.77. The van der Waals surface area contributed by atoms with Crippen LogP contribution < -0.4 is 0 Å². The fourth-order valence-corrected chi connectivity index (χ4v) is 2.83. The molecular formula is C12H14BrCl. The zero-order valence-electron chi connectivity index (χ0n) is 8.05. The molecule has 0 bridgehead atoms. The van der Waals surface area contributed by atoms with E-state index in [0.29, 0.717) is 5.92 Å². The van der Waals surface area contributed by atoms with Gasteiger partial charge in [0, 0.05) is 4.47 Å². The van der Waals surface area contributed by atoms with Gasteiger partial charge in [-0.15, -0.1) is 11.6 Å². The van der Waals surface area contributed by atoms with Gasteiger partial charge in [-0.25, -0.2) is 0 Å². The van der Waals surface area contributed by atoms with Crippen molar-refractivity contribution in [1.82, 2.24) is 0 Å². The lowest BCUT2D eigenvalue weighted by Gasteiger charge is -2.16. The summed E-state index contributed by atoms with van der Waals surface area (Å²) in [6, 6.07) is 8.39. The van der Waals surface area contributed by atoms with Crippen LogP contribution in [-0.2, 0) is 0 Å². The van der Waals surface area contributed by atoms with Crippen molar-refractivity contribution in [2.24, 2.45) is 5.92 Å². The van der Waals surface area contributed by atoms with E-state index in [4.69, 9.17) is 11.6 Å². The average molecular weight is 274 g/mol. The predicted octanol–water partition coefficient (Wildman–Crippen LogP) is 4.92. The van der Waals surface area contributed by atoms with Gasteiger partial charge in [-0.1, -0.05) is 40.9 Å². The lowest BCUT2D eigenvalue weighted by molar-refractivity contribution is 0.529. The summed E-state index contributed by atoms with van der Waals surface area (Å²) in [5, 5.41) is 0.214. The van der Waals surface area contributed by atoms with E-state index in [-0.39, 0.29) is 5.38 Å². The van der Waals surface area contributed by atoms with Crippen LogP contribution in [0.4, 0.5) is 0 Å². The van der Waals surface area contributed by atoms with Crippen LogP contribution >= 0.6 is 27.5 Å². The van der Waals surface area contributed by atoms with E-state index in [1.807, 2.05) is 0 Å². The zero-order chi connectivity index (χ0) is 9.97. The van der Waals surface area contributed by atoms with Crippen molar-refractivity contribution in [2.75, 3.05) is 0 Å². The molecule has 1 aromatic rings. The Morgan fingerprint density at radius 1 is 1.14 bits per heavy atom. The van der Waals surface area contributed by atoms with Crippen molar-refractivity contribution in [2.45, 2.75) is 31.1 Å². The number of rotatable bonds is 2. The second-order valence-corrected chi connectivity index (χ2v) is 5.38. The minimum atomic E-state index is 0.214. The van der Waals surface area contributed by atoms with Crippen molar-refractivity contribution < 1.29 is 0 Å². The molecule has 0 heterocycles. The van der Waals surface area contributed by atoms with E-state index in [0.717, 1.165) is 4.47 Å². The van der Waals surface area contributed by atoms with Crippen LogP contribution in [0.25, 0.3) is 0 Å². The second-order valence-electron chi connectivity index (χ2n) is 4.00. The first-order valence-corrected chi connectivity index (χ1v) is 6.40. The Hall–Kier alpha value is -0.0100. The summed E-state index contributed by atoms with van der Waals surface area (Å²) in [4.78, 5) is 0. The van der Waals surface area contributed by atoms with Crippen LogP contribution in [0.2, 0.25) is 0 Å². The molecule has 0 spiro atoms. The molecule has 14 heavy (non-hydrogen) atoms. The Balaban J connectivity index is 2.09. The molecule has 1 unspecified atom stereocenters. The smallest absolute Gasteiger partial charge is 0.0613 e. The molecule has 0 radical (unpaired) electrons. The third-order valence-corrected chi connectivity index (χ3v) is 4.14. The maximum absolute atomic E-state index is 6.45. The first-order valence-electron chi connectivity index (χ1n) is 5.17. The lowest BCUT2D eigenvalue weighted by atomic mass is 9.97. The van der Waals surface area contributed by atoms with Crippen molar-refractivity contribution in [3.63, 3.8) is 0 Å². The Kier molecular flexibility index (Phi) is 3.51. The predicted molar refractivity (Wildman–Crippen MR) is 64.7 cm³/mol. The Morgan fingerprint density at radius 3 is 2.29 bits per heavy atom. The SMILES string of the molecule is ClC(c1ccc(Br)cc1)C1CCCC1. The summed E-state index contributed by atoms with van der Waals surface area (Å²) in [6.45, 7) is 0. The molecule has 1 aromatic carbocycles. The molecule has 76 valence electrons. The minimum absolute atomic E-state index is 0.214. The summed E-state index contributed by atoms with van der Waals surface area (Å²) < 4.78 is 1.12. The molecular weight excluding hydrogens is 259 g/mol. The van der Waals surface area contributed by atoms with Crippen molar-refractivity contribution in [3.8, 4) is 0 Å². The van der Waals surface area contributed by atoms with Gasteiger partial charge in [0.2, 0.25) is 0 Å². The summed E-state index contributed by atoms with van der Waals surface area (Å²) in [5.41, 5.74) is 1.27. The van der Waals surface area contributed by atoms with Crippen molar-refractivity contribution >= 4 is 27.5 Å². The Labute approximate surface area is 98.8 Å². The van der Waals surface area contributed by atoms with Gasteiger partial charge >= 0.3 is 0 Å². The molecule has 0 saturated heterocycles. The zero-order valence-corrected chi connectivity index (χ0v) is 10.4. The molecule has 1 fully saturated rings. The molecule has 1 aliphatic carbocycles. The topological polar surface area (TPSA) is 0 Å². The molecule has 0 N–H and O–H groups in total. The largest absolute Gasteiger partial charge is 0.118 e. The maximum atomic E-state index is 6.45. The fourth-order valence-electron chi connectivity index (χ4n) is 2.17. The maximum Gasteiger partial charge on any atom is 0.0613 e. The monoisotopic (exact) mass is 272 g/mol. The van der Waals surface area contributed by atoms with E-state index in [1.54, 1.807) is 0 Å². The fraction of sp³-hybridized carbons (Fsp3) is 0.500. The van der Waals surface area contributed by atoms with Gasteiger partial charge in [0.05, 0.1) is 5.38 Å². The third-order valence-electron chi connectivity index (χ3n) is 3.00. The van der Waals surface area contributed by atoms with Gasteiger partial charge in [0.1, 0.15) is 0 Å². The average Bonchev–Trinajstić information content (AvgIpc) is 2.71. The molecule has 1 saturated carbocycles. The van der Waals surface area contributed by atoms with Gasteiger partial charge in [0.15, 0.2) is 0 Å². The second kappa shape index (κ2) is 4.67. The standard InChI is InChI=1S/C12H14BrCl/c13-11-7-5-10(6-8-11)12(14)9-3-1-2-4-9/h5-9,12H,1-4H2. The summed E-state index contributed by atoms with van der Waals surface area (Å²) in [5.74, 6) is 0.692. The number of halogens is 2. The summed E-state index contributed by atoms with van der Waals surface area (Å²) >= 11 is 9.88. The van der Waals surface area contributed by atoms with Crippen LogP contribution in [0.15, 0.2) is 28.7 Å². The highest BCUT2D eigenvalue weighted by atomic mass is 79.9. The molecule has 0 amide bonds. The van der Waals surface area contributed by atoms with E-state index >= 15 is 0 Å². The van der Waals surface area contributed by atoms with Gasteiger partial charge < -0.3 is 0 Å². The van der Waals surface area contributed by atoms with Crippen LogP contribution in [-0.4, -0.2) is 0 Å². The van der Waals surface area contributed by atoms with Gasteiger partial charge in [-0.2, -0.15) is 0 Å². The number of benzene rings is 1. The highest BCUT2D eigenvalue weighted by Crippen LogP contribution is 2.39. The molecule has 1 atom stereocenters. The van der Waals surface area contributed by atoms with Crippen molar-refractivity contribution in [3.05, 3.63) is 34.3 Å². The van der Waals surface area contributed by atoms with Gasteiger partial charge in [0.25, 0.3) is 0 Å². The summed E-state index contributed by atoms with van der Waals surface area (Å²) in [6.07, 6.45) is 5.29. The highest BCUT2D eigenvalue weighted by Gasteiger charge is 2.24. The van der Waals surface area contributed by atoms with E-state index in [1.165, 1.54) is 31.2 Å². The normalized spacial score (nSPS) is 19.9. The Bertz CT molecular complexity index is 288. The van der Waals surface area contributed by atoms with E-state index < -0.39 is 0 Å². The minimum Gasteiger partial charge on any atom is -0.118 e. The van der Waals surface area contributed by atoms with E-state index in [9.17, 15) is 0 Å². The van der Waals surface area contributed by atoms with E-state index in [2.05, 4.69) is 40.2 Å². The Morgan fingerprint density at radius 2 is 1.71 bits per heavy atom. The summed E-state index contributed by atoms with van der Waals surface area (Å²) in [7, 11) is 0. The molecule has 2 rings (SSSR count). The molecule has 0 aliphatic heterocycles. The molecule has 0 aromatic heterocycles. The van der Waals surface area contributed by atoms with Crippen LogP contribution in [0, 0.1) is 5.92 Å². The van der Waals surface area contributed by atoms with Gasteiger partial charge in [-0.3, -0.25) is 0 Å². The number of hydrogen-bond donors (Lipinski definition) is 0. The lowest BCUT2D eigenvalue weighted by Crippen LogP contribution is -2.02. The molecule has 2 heteroatoms. The van der Waals surface area contributed by atoms with Crippen LogP contribution in [0.1, 0.15) is 36.6 Å². The van der Waals surface area contributed by atoms with Crippen LogP contribution in [0.5, 0.6) is 0 Å². The quantitative estimate of drug-likeness (QED) is 0.671. The first kappa shape index (κ1) is 10.5.